The molecule has 2 aromatic heterocycles. The lowest BCUT2D eigenvalue weighted by Crippen LogP contribution is -2.00. The standard InChI is InChI=1S/C16H13N3S2/c17-10-14-15(18-16-19(14)7-8-20-16)21-13-6-5-11-3-1-2-4-12(11)9-13/h1-9H,10,17H2. The third-order valence-corrected chi connectivity index (χ3v) is 5.22. The fraction of sp³-hybridized carbons (Fsp3) is 0.0625. The van der Waals surface area contributed by atoms with E-state index < -0.39 is 0 Å². The smallest absolute Gasteiger partial charge is 0.194 e. The molecule has 0 fully saturated rings. The van der Waals surface area contributed by atoms with E-state index in [-0.39, 0.29) is 0 Å². The first-order valence-corrected chi connectivity index (χ1v) is 8.36. The van der Waals surface area contributed by atoms with Crippen molar-refractivity contribution in [3.05, 3.63) is 59.7 Å². The van der Waals surface area contributed by atoms with Gasteiger partial charge in [-0.3, -0.25) is 4.40 Å². The molecular formula is C16H13N3S2. The summed E-state index contributed by atoms with van der Waals surface area (Å²) in [6, 6.07) is 14.9. The lowest BCUT2D eigenvalue weighted by atomic mass is 10.1. The number of rotatable bonds is 3. The van der Waals surface area contributed by atoms with Crippen LogP contribution in [0.1, 0.15) is 5.69 Å². The summed E-state index contributed by atoms with van der Waals surface area (Å²) < 4.78 is 2.08. The molecule has 0 aliphatic carbocycles. The van der Waals surface area contributed by atoms with E-state index in [9.17, 15) is 0 Å². The molecule has 2 aromatic carbocycles. The first kappa shape index (κ1) is 12.9. The Kier molecular flexibility index (Phi) is 3.18. The van der Waals surface area contributed by atoms with Crippen LogP contribution in [0.15, 0.2) is 64.0 Å². The first-order chi connectivity index (χ1) is 10.3. The van der Waals surface area contributed by atoms with Gasteiger partial charge in [-0.2, -0.15) is 0 Å². The van der Waals surface area contributed by atoms with Crippen molar-refractivity contribution in [3.63, 3.8) is 0 Å². The monoisotopic (exact) mass is 311 g/mol. The van der Waals surface area contributed by atoms with E-state index in [0.717, 1.165) is 15.7 Å². The van der Waals surface area contributed by atoms with Crippen LogP contribution in [0.3, 0.4) is 0 Å². The Morgan fingerprint density at radius 1 is 1.14 bits per heavy atom. The lowest BCUT2D eigenvalue weighted by molar-refractivity contribution is 0.925. The van der Waals surface area contributed by atoms with Crippen molar-refractivity contribution < 1.29 is 0 Å². The highest BCUT2D eigenvalue weighted by Gasteiger charge is 2.13. The van der Waals surface area contributed by atoms with Crippen LogP contribution in [-0.2, 0) is 6.54 Å². The van der Waals surface area contributed by atoms with Gasteiger partial charge in [-0.25, -0.2) is 4.98 Å². The van der Waals surface area contributed by atoms with Crippen LogP contribution in [0.5, 0.6) is 0 Å². The molecule has 0 bridgehead atoms. The quantitative estimate of drug-likeness (QED) is 0.618. The zero-order valence-electron chi connectivity index (χ0n) is 11.2. The molecule has 0 radical (unpaired) electrons. The molecule has 0 saturated heterocycles. The molecule has 3 nitrogen and oxygen atoms in total. The minimum atomic E-state index is 0.494. The second-order valence-electron chi connectivity index (χ2n) is 4.73. The topological polar surface area (TPSA) is 43.3 Å². The minimum absolute atomic E-state index is 0.494. The predicted molar refractivity (Wildman–Crippen MR) is 89.0 cm³/mol. The average Bonchev–Trinajstić information content (AvgIpc) is 3.07. The van der Waals surface area contributed by atoms with Gasteiger partial charge in [0, 0.05) is 23.0 Å². The Hall–Kier alpha value is -1.82. The van der Waals surface area contributed by atoms with Crippen LogP contribution in [0.2, 0.25) is 0 Å². The summed E-state index contributed by atoms with van der Waals surface area (Å²) in [5.74, 6) is 0. The van der Waals surface area contributed by atoms with Gasteiger partial charge in [0.15, 0.2) is 4.96 Å². The molecule has 4 aromatic rings. The van der Waals surface area contributed by atoms with Gasteiger partial charge in [0.2, 0.25) is 0 Å². The van der Waals surface area contributed by atoms with E-state index in [4.69, 9.17) is 5.73 Å². The zero-order chi connectivity index (χ0) is 14.2. The molecule has 104 valence electrons. The van der Waals surface area contributed by atoms with E-state index in [0.29, 0.717) is 6.54 Å². The summed E-state index contributed by atoms with van der Waals surface area (Å²) in [5, 5.41) is 5.54. The molecule has 0 aliphatic heterocycles. The molecule has 0 aliphatic rings. The predicted octanol–water partition coefficient (Wildman–Crippen LogP) is 4.16. The normalized spacial score (nSPS) is 11.5. The Labute approximate surface area is 130 Å². The summed E-state index contributed by atoms with van der Waals surface area (Å²) in [6.45, 7) is 0.494. The van der Waals surface area contributed by atoms with Crippen molar-refractivity contribution in [2.45, 2.75) is 16.5 Å². The Bertz CT molecular complexity index is 923. The third-order valence-electron chi connectivity index (χ3n) is 3.45. The number of hydrogen-bond donors (Lipinski definition) is 1. The maximum Gasteiger partial charge on any atom is 0.194 e. The molecule has 2 heterocycles. The number of imidazole rings is 1. The van der Waals surface area contributed by atoms with Crippen molar-refractivity contribution in [3.8, 4) is 0 Å². The highest BCUT2D eigenvalue weighted by atomic mass is 32.2. The second-order valence-corrected chi connectivity index (χ2v) is 6.67. The van der Waals surface area contributed by atoms with Gasteiger partial charge >= 0.3 is 0 Å². The van der Waals surface area contributed by atoms with Crippen LogP contribution in [0.4, 0.5) is 0 Å². The molecule has 2 N–H and O–H groups in total. The number of thiazole rings is 1. The minimum Gasteiger partial charge on any atom is -0.325 e. The van der Waals surface area contributed by atoms with Gasteiger partial charge in [0.05, 0.1) is 5.69 Å². The molecule has 5 heteroatoms. The van der Waals surface area contributed by atoms with E-state index in [2.05, 4.69) is 51.8 Å². The summed E-state index contributed by atoms with van der Waals surface area (Å²) in [4.78, 5) is 6.87. The zero-order valence-corrected chi connectivity index (χ0v) is 12.8. The maximum absolute atomic E-state index is 5.90. The summed E-state index contributed by atoms with van der Waals surface area (Å²) in [6.07, 6.45) is 2.03. The van der Waals surface area contributed by atoms with Crippen molar-refractivity contribution in [1.82, 2.24) is 9.38 Å². The average molecular weight is 311 g/mol. The third kappa shape index (κ3) is 2.23. The SMILES string of the molecule is NCc1c(Sc2ccc3ccccc3c2)nc2sccn12. The van der Waals surface area contributed by atoms with Crippen molar-refractivity contribution in [2.24, 2.45) is 5.73 Å². The Morgan fingerprint density at radius 2 is 2.00 bits per heavy atom. The van der Waals surface area contributed by atoms with E-state index in [1.807, 2.05) is 11.6 Å². The van der Waals surface area contributed by atoms with Crippen LogP contribution >= 0.6 is 23.1 Å². The van der Waals surface area contributed by atoms with Crippen LogP contribution in [-0.4, -0.2) is 9.38 Å². The fourth-order valence-corrected chi connectivity index (χ4v) is 4.19. The second kappa shape index (κ2) is 5.18. The Balaban J connectivity index is 1.76. The largest absolute Gasteiger partial charge is 0.325 e. The van der Waals surface area contributed by atoms with Crippen molar-refractivity contribution >= 4 is 38.8 Å². The van der Waals surface area contributed by atoms with Crippen LogP contribution < -0.4 is 5.73 Å². The van der Waals surface area contributed by atoms with Crippen molar-refractivity contribution in [2.75, 3.05) is 0 Å². The maximum atomic E-state index is 5.90. The highest BCUT2D eigenvalue weighted by Crippen LogP contribution is 2.33. The summed E-state index contributed by atoms with van der Waals surface area (Å²) >= 11 is 3.31. The van der Waals surface area contributed by atoms with Gasteiger partial charge in [-0.05, 0) is 22.9 Å². The van der Waals surface area contributed by atoms with E-state index in [1.54, 1.807) is 23.1 Å². The number of aromatic nitrogens is 2. The number of hydrogen-bond acceptors (Lipinski definition) is 4. The molecule has 0 atom stereocenters. The molecule has 0 amide bonds. The first-order valence-electron chi connectivity index (χ1n) is 6.66. The molecule has 4 rings (SSSR count). The number of fused-ring (bicyclic) bond motifs is 2. The van der Waals surface area contributed by atoms with Gasteiger partial charge in [-0.15, -0.1) is 11.3 Å². The van der Waals surface area contributed by atoms with Gasteiger partial charge in [0.25, 0.3) is 0 Å². The summed E-state index contributed by atoms with van der Waals surface area (Å²) in [7, 11) is 0. The van der Waals surface area contributed by atoms with Crippen LogP contribution in [0, 0.1) is 0 Å². The number of nitrogens with zero attached hydrogens (tertiary/aromatic N) is 2. The van der Waals surface area contributed by atoms with Gasteiger partial charge < -0.3 is 5.73 Å². The van der Waals surface area contributed by atoms with Gasteiger partial charge in [0.1, 0.15) is 5.03 Å². The van der Waals surface area contributed by atoms with E-state index in [1.165, 1.54) is 15.7 Å². The van der Waals surface area contributed by atoms with Crippen molar-refractivity contribution in [1.29, 1.82) is 0 Å². The molecule has 0 unspecified atom stereocenters. The molecule has 21 heavy (non-hydrogen) atoms. The van der Waals surface area contributed by atoms with E-state index >= 15 is 0 Å². The molecule has 0 saturated carbocycles. The Morgan fingerprint density at radius 3 is 2.86 bits per heavy atom. The lowest BCUT2D eigenvalue weighted by Gasteiger charge is -2.03. The molecule has 0 spiro atoms. The summed E-state index contributed by atoms with van der Waals surface area (Å²) in [5.41, 5.74) is 6.97. The highest BCUT2D eigenvalue weighted by molar-refractivity contribution is 7.99. The van der Waals surface area contributed by atoms with Crippen LogP contribution in [0.25, 0.3) is 15.7 Å². The van der Waals surface area contributed by atoms with Gasteiger partial charge in [-0.1, -0.05) is 42.1 Å². The number of benzene rings is 2. The molecular weight excluding hydrogens is 298 g/mol. The number of nitrogens with two attached hydrogens (primary N) is 1. The fourth-order valence-electron chi connectivity index (χ4n) is 2.42.